The van der Waals surface area contributed by atoms with Crippen molar-refractivity contribution in [3.05, 3.63) is 46.7 Å². The normalized spacial score (nSPS) is 17.5. The number of ether oxygens (including phenoxy) is 1. The molecule has 3 rings (SSSR count). The number of carbonyl (C=O) groups is 1. The predicted molar refractivity (Wildman–Crippen MR) is 91.0 cm³/mol. The minimum atomic E-state index is -0.113. The van der Waals surface area contributed by atoms with E-state index in [2.05, 4.69) is 17.2 Å². The van der Waals surface area contributed by atoms with Crippen LogP contribution < -0.4 is 0 Å². The van der Waals surface area contributed by atoms with E-state index in [9.17, 15) is 4.79 Å². The molecule has 1 aromatic heterocycles. The van der Waals surface area contributed by atoms with E-state index in [1.807, 2.05) is 37.3 Å². The lowest BCUT2D eigenvalue weighted by Gasteiger charge is -2.37. The molecule has 0 spiro atoms. The average molecular weight is 352 g/mol. The number of rotatable bonds is 5. The quantitative estimate of drug-likeness (QED) is 0.825. The predicted octanol–water partition coefficient (Wildman–Crippen LogP) is 3.45. The summed E-state index contributed by atoms with van der Waals surface area (Å²) in [5.41, 5.74) is 1.47. The van der Waals surface area contributed by atoms with Gasteiger partial charge in [-0.3, -0.25) is 4.79 Å². The molecule has 0 N–H and O–H groups in total. The number of carbonyl (C=O) groups excluding carboxylic acids is 1. The Hall–Kier alpha value is -1.37. The van der Waals surface area contributed by atoms with Crippen molar-refractivity contribution in [1.82, 2.24) is 15.0 Å². The van der Waals surface area contributed by atoms with Gasteiger partial charge in [-0.1, -0.05) is 65.8 Å². The van der Waals surface area contributed by atoms with Crippen molar-refractivity contribution in [1.29, 1.82) is 0 Å². The van der Waals surface area contributed by atoms with Crippen molar-refractivity contribution < 1.29 is 9.53 Å². The van der Waals surface area contributed by atoms with Crippen molar-refractivity contribution >= 4 is 28.5 Å². The Bertz CT molecular complexity index is 701. The Balaban J connectivity index is 1.79. The van der Waals surface area contributed by atoms with Gasteiger partial charge in [-0.05, 0) is 12.5 Å². The van der Waals surface area contributed by atoms with Gasteiger partial charge in [0.2, 0.25) is 5.12 Å². The molecular formula is C16H18ClN3O2S. The van der Waals surface area contributed by atoms with Gasteiger partial charge in [0.1, 0.15) is 0 Å². The number of halogens is 1. The minimum absolute atomic E-state index is 0.0656. The number of benzene rings is 1. The van der Waals surface area contributed by atoms with Crippen molar-refractivity contribution in [2.75, 3.05) is 19.0 Å². The van der Waals surface area contributed by atoms with Gasteiger partial charge in [-0.25, -0.2) is 4.68 Å². The highest BCUT2D eigenvalue weighted by atomic mass is 35.5. The van der Waals surface area contributed by atoms with Gasteiger partial charge in [0.05, 0.1) is 19.3 Å². The topological polar surface area (TPSA) is 57.0 Å². The fraction of sp³-hybridized carbons (Fsp3) is 0.438. The number of nitrogens with zero attached hydrogens (tertiary/aromatic N) is 3. The van der Waals surface area contributed by atoms with Gasteiger partial charge in [0.15, 0.2) is 10.8 Å². The third-order valence-electron chi connectivity index (χ3n) is 3.95. The molecule has 122 valence electrons. The first-order chi connectivity index (χ1) is 11.0. The van der Waals surface area contributed by atoms with Crippen LogP contribution >= 0.6 is 23.4 Å². The Morgan fingerprint density at radius 3 is 2.74 bits per heavy atom. The number of hydrogen-bond donors (Lipinski definition) is 0. The molecule has 0 saturated carbocycles. The summed E-state index contributed by atoms with van der Waals surface area (Å²) in [6.07, 6.45) is 0. The molecule has 1 aliphatic rings. The molecule has 2 aromatic rings. The first kappa shape index (κ1) is 16.5. The summed E-state index contributed by atoms with van der Waals surface area (Å²) in [5.74, 6) is 0.701. The molecule has 0 amide bonds. The van der Waals surface area contributed by atoms with E-state index < -0.39 is 0 Å². The van der Waals surface area contributed by atoms with Crippen LogP contribution in [0.5, 0.6) is 0 Å². The van der Waals surface area contributed by atoms with Crippen LogP contribution in [0.15, 0.2) is 30.3 Å². The molecule has 1 aromatic carbocycles. The second-order valence-corrected chi connectivity index (χ2v) is 7.45. The molecule has 1 fully saturated rings. The average Bonchev–Trinajstić information content (AvgIpc) is 2.92. The summed E-state index contributed by atoms with van der Waals surface area (Å²) in [4.78, 5) is 12.6. The molecule has 7 heteroatoms. The minimum Gasteiger partial charge on any atom is -0.380 e. The van der Waals surface area contributed by atoms with Crippen LogP contribution in [-0.4, -0.2) is 39.1 Å². The first-order valence-corrected chi connectivity index (χ1v) is 8.77. The molecule has 0 unspecified atom stereocenters. The Morgan fingerprint density at radius 2 is 2.13 bits per heavy atom. The molecule has 23 heavy (non-hydrogen) atoms. The zero-order valence-electron chi connectivity index (χ0n) is 13.0. The maximum atomic E-state index is 12.6. The third kappa shape index (κ3) is 3.44. The van der Waals surface area contributed by atoms with E-state index in [1.165, 1.54) is 11.8 Å². The largest absolute Gasteiger partial charge is 0.380 e. The summed E-state index contributed by atoms with van der Waals surface area (Å²) in [7, 11) is 0. The summed E-state index contributed by atoms with van der Waals surface area (Å²) >= 11 is 7.37. The lowest BCUT2D eigenvalue weighted by atomic mass is 9.92. The maximum Gasteiger partial charge on any atom is 0.240 e. The third-order valence-corrected chi connectivity index (χ3v) is 5.50. The van der Waals surface area contributed by atoms with Crippen molar-refractivity contribution in [2.45, 2.75) is 19.9 Å². The zero-order chi connectivity index (χ0) is 16.4. The summed E-state index contributed by atoms with van der Waals surface area (Å²) < 4.78 is 6.83. The van der Waals surface area contributed by atoms with Gasteiger partial charge in [0.25, 0.3) is 0 Å². The molecule has 1 saturated heterocycles. The van der Waals surface area contributed by atoms with E-state index >= 15 is 0 Å². The van der Waals surface area contributed by atoms with E-state index in [1.54, 1.807) is 4.68 Å². The lowest BCUT2D eigenvalue weighted by Crippen LogP contribution is -2.42. The van der Waals surface area contributed by atoms with Gasteiger partial charge in [-0.2, -0.15) is 0 Å². The summed E-state index contributed by atoms with van der Waals surface area (Å²) in [6.45, 7) is 5.47. The fourth-order valence-electron chi connectivity index (χ4n) is 2.44. The van der Waals surface area contributed by atoms with Crippen LogP contribution in [0, 0.1) is 5.41 Å². The highest BCUT2D eigenvalue weighted by Crippen LogP contribution is 2.33. The molecule has 1 atom stereocenters. The molecular weight excluding hydrogens is 334 g/mol. The van der Waals surface area contributed by atoms with Crippen molar-refractivity contribution in [3.8, 4) is 0 Å². The van der Waals surface area contributed by atoms with E-state index in [0.29, 0.717) is 24.7 Å². The highest BCUT2D eigenvalue weighted by molar-refractivity contribution is 8.14. The molecule has 1 aliphatic heterocycles. The zero-order valence-corrected chi connectivity index (χ0v) is 14.6. The van der Waals surface area contributed by atoms with Crippen LogP contribution in [0.3, 0.4) is 0 Å². The number of hydrogen-bond acceptors (Lipinski definition) is 5. The van der Waals surface area contributed by atoms with Crippen LogP contribution in [-0.2, 0) is 4.74 Å². The fourth-order valence-corrected chi connectivity index (χ4v) is 3.67. The molecule has 5 nitrogen and oxygen atoms in total. The standard InChI is InChI=1S/C16H18ClN3O2S/c1-11(12-6-4-3-5-7-12)20-13(14(17)18-19-20)15(21)23-10-16(2)8-22-9-16/h3-7,11H,8-10H2,1-2H3/t11-/m1/s1. The Labute approximate surface area is 144 Å². The van der Waals surface area contributed by atoms with Crippen LogP contribution in [0.1, 0.15) is 35.9 Å². The molecule has 0 bridgehead atoms. The second kappa shape index (κ2) is 6.63. The molecule has 0 radical (unpaired) electrons. The monoisotopic (exact) mass is 351 g/mol. The van der Waals surface area contributed by atoms with Crippen LogP contribution in [0.2, 0.25) is 5.15 Å². The second-order valence-electron chi connectivity index (χ2n) is 6.14. The van der Waals surface area contributed by atoms with Crippen molar-refractivity contribution in [3.63, 3.8) is 0 Å². The maximum absolute atomic E-state index is 12.6. The van der Waals surface area contributed by atoms with Crippen LogP contribution in [0.25, 0.3) is 0 Å². The number of aromatic nitrogens is 3. The lowest BCUT2D eigenvalue weighted by molar-refractivity contribution is -0.0860. The van der Waals surface area contributed by atoms with Gasteiger partial charge < -0.3 is 4.74 Å². The van der Waals surface area contributed by atoms with E-state index in [0.717, 1.165) is 5.56 Å². The van der Waals surface area contributed by atoms with Gasteiger partial charge in [-0.15, -0.1) is 5.10 Å². The SMILES string of the molecule is C[C@H](c1ccccc1)n1nnc(Cl)c1C(=O)SCC1(C)COC1. The summed E-state index contributed by atoms with van der Waals surface area (Å²) in [6, 6.07) is 9.74. The summed E-state index contributed by atoms with van der Waals surface area (Å²) in [5, 5.41) is 8.00. The van der Waals surface area contributed by atoms with Gasteiger partial charge >= 0.3 is 0 Å². The smallest absolute Gasteiger partial charge is 0.240 e. The highest BCUT2D eigenvalue weighted by Gasteiger charge is 2.35. The molecule has 0 aliphatic carbocycles. The molecule has 2 heterocycles. The Kier molecular flexibility index (Phi) is 4.75. The van der Waals surface area contributed by atoms with Crippen molar-refractivity contribution in [2.24, 2.45) is 5.41 Å². The van der Waals surface area contributed by atoms with Gasteiger partial charge in [0, 0.05) is 11.2 Å². The van der Waals surface area contributed by atoms with Crippen LogP contribution in [0.4, 0.5) is 0 Å². The number of thioether (sulfide) groups is 1. The van der Waals surface area contributed by atoms with E-state index in [4.69, 9.17) is 16.3 Å². The first-order valence-electron chi connectivity index (χ1n) is 7.41. The van der Waals surface area contributed by atoms with E-state index in [-0.39, 0.29) is 21.7 Å². The Morgan fingerprint density at radius 1 is 1.43 bits per heavy atom.